The Bertz CT molecular complexity index is 598. The number of nitrogens with two attached hydrogens (primary N) is 1. The van der Waals surface area contributed by atoms with E-state index in [0.29, 0.717) is 17.9 Å². The quantitative estimate of drug-likeness (QED) is 0.876. The number of nitrogens with zero attached hydrogens (tertiary/aromatic N) is 3. The van der Waals surface area contributed by atoms with E-state index in [1.54, 1.807) is 24.1 Å². The number of amides is 1. The van der Waals surface area contributed by atoms with Crippen LogP contribution in [0.4, 0.5) is 5.82 Å². The van der Waals surface area contributed by atoms with Gasteiger partial charge in [0.2, 0.25) is 0 Å². The van der Waals surface area contributed by atoms with Crippen molar-refractivity contribution in [1.29, 1.82) is 0 Å². The van der Waals surface area contributed by atoms with Crippen LogP contribution in [0, 0.1) is 13.8 Å². The van der Waals surface area contributed by atoms with Gasteiger partial charge in [0.1, 0.15) is 5.82 Å². The smallest absolute Gasteiger partial charge is 0.255 e. The third-order valence-electron chi connectivity index (χ3n) is 3.58. The molecule has 21 heavy (non-hydrogen) atoms. The number of aromatic nitrogens is 3. The molecule has 112 valence electrons. The van der Waals surface area contributed by atoms with Crippen LogP contribution in [-0.2, 0) is 6.42 Å². The van der Waals surface area contributed by atoms with Crippen LogP contribution in [0.2, 0.25) is 0 Å². The summed E-state index contributed by atoms with van der Waals surface area (Å²) in [5, 5.41) is 7.16. The number of rotatable bonds is 5. The molecule has 0 aliphatic heterocycles. The number of hydrogen-bond donors (Lipinski definition) is 2. The molecular weight excluding hydrogens is 266 g/mol. The lowest BCUT2D eigenvalue weighted by molar-refractivity contribution is 0.0793. The molecule has 6 heteroatoms. The normalized spacial score (nSPS) is 10.6. The Labute approximate surface area is 124 Å². The van der Waals surface area contributed by atoms with E-state index in [2.05, 4.69) is 15.2 Å². The van der Waals surface area contributed by atoms with Gasteiger partial charge in [0.05, 0.1) is 11.3 Å². The summed E-state index contributed by atoms with van der Waals surface area (Å²) in [7, 11) is 1.80. The number of anilines is 1. The number of carbonyl (C=O) groups is 1. The molecule has 3 N–H and O–H groups in total. The van der Waals surface area contributed by atoms with Gasteiger partial charge in [-0.2, -0.15) is 5.10 Å². The van der Waals surface area contributed by atoms with Gasteiger partial charge in [0.15, 0.2) is 0 Å². The van der Waals surface area contributed by atoms with Crippen molar-refractivity contribution in [3.63, 3.8) is 0 Å². The number of hydrogen-bond acceptors (Lipinski definition) is 4. The Hall–Kier alpha value is -2.37. The number of H-pyrrole nitrogens is 1. The van der Waals surface area contributed by atoms with Crippen LogP contribution in [0.1, 0.15) is 33.7 Å². The molecule has 0 aromatic carbocycles. The van der Waals surface area contributed by atoms with Gasteiger partial charge in [-0.05, 0) is 44.4 Å². The van der Waals surface area contributed by atoms with Crippen molar-refractivity contribution in [2.75, 3.05) is 19.3 Å². The Morgan fingerprint density at radius 3 is 2.71 bits per heavy atom. The van der Waals surface area contributed by atoms with Gasteiger partial charge in [0.25, 0.3) is 5.91 Å². The average molecular weight is 287 g/mol. The first-order chi connectivity index (χ1) is 9.99. The Morgan fingerprint density at radius 1 is 1.38 bits per heavy atom. The first-order valence-corrected chi connectivity index (χ1v) is 6.96. The highest BCUT2D eigenvalue weighted by Gasteiger charge is 2.12. The van der Waals surface area contributed by atoms with E-state index < -0.39 is 0 Å². The summed E-state index contributed by atoms with van der Waals surface area (Å²) in [5.41, 5.74) is 9.45. The highest BCUT2D eigenvalue weighted by Crippen LogP contribution is 2.12. The molecule has 0 bridgehead atoms. The standard InChI is InChI=1S/C15H21N5O/c1-10-13(11(2)19-18-10)5-4-8-20(3)15(21)12-6-7-14(16)17-9-12/h6-7,9H,4-5,8H2,1-3H3,(H2,16,17)(H,18,19). The molecule has 0 saturated heterocycles. The van der Waals surface area contributed by atoms with Gasteiger partial charge in [-0.1, -0.05) is 0 Å². The minimum absolute atomic E-state index is 0.0388. The zero-order chi connectivity index (χ0) is 15.4. The number of aryl methyl sites for hydroxylation is 2. The van der Waals surface area contributed by atoms with Crippen molar-refractivity contribution in [3.8, 4) is 0 Å². The Balaban J connectivity index is 1.88. The largest absolute Gasteiger partial charge is 0.384 e. The van der Waals surface area contributed by atoms with Crippen molar-refractivity contribution in [3.05, 3.63) is 40.8 Å². The number of pyridine rings is 1. The lowest BCUT2D eigenvalue weighted by Crippen LogP contribution is -2.28. The molecule has 2 aromatic heterocycles. The lowest BCUT2D eigenvalue weighted by atomic mass is 10.1. The van der Waals surface area contributed by atoms with E-state index in [4.69, 9.17) is 5.73 Å². The second kappa shape index (κ2) is 6.39. The molecule has 2 heterocycles. The first-order valence-electron chi connectivity index (χ1n) is 6.96. The van der Waals surface area contributed by atoms with Crippen LogP contribution < -0.4 is 5.73 Å². The molecule has 2 rings (SSSR count). The average Bonchev–Trinajstić information content (AvgIpc) is 2.79. The summed E-state index contributed by atoms with van der Waals surface area (Å²) in [6.07, 6.45) is 3.32. The molecule has 0 spiro atoms. The summed E-state index contributed by atoms with van der Waals surface area (Å²) in [6, 6.07) is 3.34. The molecule has 0 aliphatic carbocycles. The van der Waals surface area contributed by atoms with Gasteiger partial charge >= 0.3 is 0 Å². The van der Waals surface area contributed by atoms with Crippen LogP contribution >= 0.6 is 0 Å². The first kappa shape index (κ1) is 15.0. The molecule has 0 saturated carbocycles. The van der Waals surface area contributed by atoms with Crippen molar-refractivity contribution in [1.82, 2.24) is 20.1 Å². The van der Waals surface area contributed by atoms with Gasteiger partial charge in [0, 0.05) is 25.5 Å². The maximum atomic E-state index is 12.2. The fourth-order valence-corrected chi connectivity index (χ4v) is 2.29. The van der Waals surface area contributed by atoms with E-state index >= 15 is 0 Å². The number of aromatic amines is 1. The van der Waals surface area contributed by atoms with Gasteiger partial charge in [-0.15, -0.1) is 0 Å². The Morgan fingerprint density at radius 2 is 2.14 bits per heavy atom. The van der Waals surface area contributed by atoms with E-state index in [1.165, 1.54) is 11.8 Å². The van der Waals surface area contributed by atoms with Crippen LogP contribution in [-0.4, -0.2) is 39.6 Å². The molecular formula is C15H21N5O. The van der Waals surface area contributed by atoms with E-state index in [9.17, 15) is 4.79 Å². The van der Waals surface area contributed by atoms with Crippen molar-refractivity contribution >= 4 is 11.7 Å². The molecule has 2 aromatic rings. The number of carbonyl (C=O) groups excluding carboxylic acids is 1. The molecule has 0 aliphatic rings. The minimum Gasteiger partial charge on any atom is -0.384 e. The van der Waals surface area contributed by atoms with Gasteiger partial charge in [-0.25, -0.2) is 4.98 Å². The van der Waals surface area contributed by atoms with Gasteiger partial charge < -0.3 is 10.6 Å². The molecule has 6 nitrogen and oxygen atoms in total. The van der Waals surface area contributed by atoms with Crippen LogP contribution in [0.15, 0.2) is 18.3 Å². The maximum absolute atomic E-state index is 12.2. The molecule has 0 fully saturated rings. The second-order valence-electron chi connectivity index (χ2n) is 5.21. The summed E-state index contributed by atoms with van der Waals surface area (Å²) in [5.74, 6) is 0.378. The van der Waals surface area contributed by atoms with Crippen molar-refractivity contribution < 1.29 is 4.79 Å². The van der Waals surface area contributed by atoms with E-state index in [0.717, 1.165) is 24.2 Å². The van der Waals surface area contributed by atoms with Crippen molar-refractivity contribution in [2.24, 2.45) is 0 Å². The van der Waals surface area contributed by atoms with Crippen LogP contribution in [0.25, 0.3) is 0 Å². The van der Waals surface area contributed by atoms with E-state index in [-0.39, 0.29) is 5.91 Å². The summed E-state index contributed by atoms with van der Waals surface area (Å²) < 4.78 is 0. The maximum Gasteiger partial charge on any atom is 0.255 e. The Kier molecular flexibility index (Phi) is 4.57. The summed E-state index contributed by atoms with van der Waals surface area (Å²) in [6.45, 7) is 4.70. The van der Waals surface area contributed by atoms with Crippen molar-refractivity contribution in [2.45, 2.75) is 26.7 Å². The molecule has 0 radical (unpaired) electrons. The third-order valence-corrected chi connectivity index (χ3v) is 3.58. The van der Waals surface area contributed by atoms with Crippen LogP contribution in [0.5, 0.6) is 0 Å². The monoisotopic (exact) mass is 287 g/mol. The third kappa shape index (κ3) is 3.59. The summed E-state index contributed by atoms with van der Waals surface area (Å²) in [4.78, 5) is 17.9. The second-order valence-corrected chi connectivity index (χ2v) is 5.21. The predicted molar refractivity (Wildman–Crippen MR) is 82.0 cm³/mol. The highest BCUT2D eigenvalue weighted by molar-refractivity contribution is 5.93. The number of nitrogens with one attached hydrogen (secondary N) is 1. The lowest BCUT2D eigenvalue weighted by Gasteiger charge is -2.17. The zero-order valence-electron chi connectivity index (χ0n) is 12.7. The zero-order valence-corrected chi connectivity index (χ0v) is 12.7. The van der Waals surface area contributed by atoms with Gasteiger partial charge in [-0.3, -0.25) is 9.89 Å². The summed E-state index contributed by atoms with van der Waals surface area (Å²) >= 11 is 0. The molecule has 0 unspecified atom stereocenters. The SMILES string of the molecule is Cc1n[nH]c(C)c1CCCN(C)C(=O)c1ccc(N)nc1. The van der Waals surface area contributed by atoms with E-state index in [1.807, 2.05) is 13.8 Å². The molecule has 0 atom stereocenters. The topological polar surface area (TPSA) is 87.9 Å². The van der Waals surface area contributed by atoms with Crippen LogP contribution in [0.3, 0.4) is 0 Å². The fraction of sp³-hybridized carbons (Fsp3) is 0.400. The highest BCUT2D eigenvalue weighted by atomic mass is 16.2. The molecule has 1 amide bonds. The fourth-order valence-electron chi connectivity index (χ4n) is 2.29. The predicted octanol–water partition coefficient (Wildman–Crippen LogP) is 1.71. The minimum atomic E-state index is -0.0388. The number of nitrogen functional groups attached to an aromatic ring is 1.